The molecule has 1 unspecified atom stereocenters. The van der Waals surface area contributed by atoms with Crippen molar-refractivity contribution in [1.82, 2.24) is 10.2 Å². The summed E-state index contributed by atoms with van der Waals surface area (Å²) in [6.07, 6.45) is -0.739. The van der Waals surface area contributed by atoms with Gasteiger partial charge in [0.05, 0.1) is 23.8 Å². The summed E-state index contributed by atoms with van der Waals surface area (Å²) in [5.74, 6) is -1.86. The van der Waals surface area contributed by atoms with E-state index in [9.17, 15) is 19.5 Å². The summed E-state index contributed by atoms with van der Waals surface area (Å²) < 4.78 is 5.88. The summed E-state index contributed by atoms with van der Waals surface area (Å²) in [7, 11) is 0. The average Bonchev–Trinajstić information content (AvgIpc) is 2.95. The standard InChI is InChI=1S/C29H23N3O5S/c30-16-19-9-7-8-18(14-19)15-23(34)31-24-27(35)32-25(22(33)17-38-28(24)32)29(36)37-26(20-10-3-1-4-11-20)21-12-5-2-6-13-21/h1-14,24,26,28,33H,15,17H2,(H,31,34)/t24?,28-/m1/s1. The van der Waals surface area contributed by atoms with Crippen LogP contribution in [0.3, 0.4) is 0 Å². The van der Waals surface area contributed by atoms with Gasteiger partial charge in [-0.15, -0.1) is 11.8 Å². The number of aliphatic hydroxyl groups is 1. The molecule has 0 aromatic heterocycles. The SMILES string of the molecule is N#Cc1cccc(CC(=O)NC2C(=O)N3C(C(=O)OC(c4ccccc4)c4ccccc4)=C(O)CS[C@H]23)c1. The number of β-lactam (4-membered cyclic amide) rings is 1. The van der Waals surface area contributed by atoms with E-state index >= 15 is 0 Å². The number of thioether (sulfide) groups is 1. The second kappa shape index (κ2) is 10.8. The fourth-order valence-electron chi connectivity index (χ4n) is 4.50. The molecule has 8 nitrogen and oxygen atoms in total. The van der Waals surface area contributed by atoms with Crippen LogP contribution < -0.4 is 5.32 Å². The zero-order valence-electron chi connectivity index (χ0n) is 20.1. The van der Waals surface area contributed by atoms with Gasteiger partial charge in [0.25, 0.3) is 5.91 Å². The molecule has 2 aliphatic heterocycles. The monoisotopic (exact) mass is 525 g/mol. The molecule has 2 aliphatic rings. The maximum absolute atomic E-state index is 13.4. The topological polar surface area (TPSA) is 120 Å². The van der Waals surface area contributed by atoms with Crippen LogP contribution in [0.2, 0.25) is 0 Å². The molecule has 1 saturated heterocycles. The molecule has 2 heterocycles. The Morgan fingerprint density at radius 1 is 1.05 bits per heavy atom. The normalized spacial score (nSPS) is 18.3. The van der Waals surface area contributed by atoms with E-state index in [4.69, 9.17) is 10.00 Å². The zero-order chi connectivity index (χ0) is 26.6. The number of ether oxygens (including phenoxy) is 1. The first kappa shape index (κ1) is 25.1. The molecule has 3 aromatic carbocycles. The third-order valence-corrected chi connectivity index (χ3v) is 7.57. The van der Waals surface area contributed by atoms with Gasteiger partial charge in [0.1, 0.15) is 17.2 Å². The Balaban J connectivity index is 1.31. The van der Waals surface area contributed by atoms with Gasteiger partial charge in [-0.1, -0.05) is 72.8 Å². The highest BCUT2D eigenvalue weighted by molar-refractivity contribution is 8.00. The van der Waals surface area contributed by atoms with Crippen molar-refractivity contribution in [3.63, 3.8) is 0 Å². The number of nitriles is 1. The number of nitrogens with zero attached hydrogens (tertiary/aromatic N) is 2. The zero-order valence-corrected chi connectivity index (χ0v) is 20.9. The van der Waals surface area contributed by atoms with Crippen LogP contribution >= 0.6 is 11.8 Å². The van der Waals surface area contributed by atoms with E-state index < -0.39 is 29.4 Å². The number of nitrogens with one attached hydrogen (secondary N) is 1. The van der Waals surface area contributed by atoms with Crippen molar-refractivity contribution in [3.8, 4) is 6.07 Å². The fourth-order valence-corrected chi connectivity index (χ4v) is 5.70. The Morgan fingerprint density at radius 3 is 2.34 bits per heavy atom. The van der Waals surface area contributed by atoms with Crippen LogP contribution in [0.25, 0.3) is 0 Å². The van der Waals surface area contributed by atoms with Crippen LogP contribution in [0.5, 0.6) is 0 Å². The lowest BCUT2D eigenvalue weighted by atomic mass is 10.0. The minimum absolute atomic E-state index is 0.00249. The second-order valence-corrected chi connectivity index (χ2v) is 9.95. The Morgan fingerprint density at radius 2 is 1.71 bits per heavy atom. The smallest absolute Gasteiger partial charge is 0.359 e. The van der Waals surface area contributed by atoms with Crippen molar-refractivity contribution in [3.05, 3.63) is 119 Å². The number of carbonyl (C=O) groups excluding carboxylic acids is 3. The first-order valence-corrected chi connectivity index (χ1v) is 13.0. The van der Waals surface area contributed by atoms with E-state index in [2.05, 4.69) is 5.32 Å². The van der Waals surface area contributed by atoms with Crippen molar-refractivity contribution >= 4 is 29.5 Å². The lowest BCUT2D eigenvalue weighted by Gasteiger charge is -2.48. The van der Waals surface area contributed by atoms with E-state index in [0.717, 1.165) is 11.1 Å². The average molecular weight is 526 g/mol. The highest BCUT2D eigenvalue weighted by Gasteiger charge is 2.55. The number of fused-ring (bicyclic) bond motifs is 1. The maximum atomic E-state index is 13.4. The molecule has 2 N–H and O–H groups in total. The number of esters is 1. The van der Waals surface area contributed by atoms with E-state index in [1.165, 1.54) is 16.7 Å². The molecular formula is C29H23N3O5S. The quantitative estimate of drug-likeness (QED) is 0.357. The molecule has 0 saturated carbocycles. The molecule has 38 heavy (non-hydrogen) atoms. The molecule has 0 bridgehead atoms. The summed E-state index contributed by atoms with van der Waals surface area (Å²) >= 11 is 1.25. The summed E-state index contributed by atoms with van der Waals surface area (Å²) in [5, 5.41) is 21.8. The predicted molar refractivity (Wildman–Crippen MR) is 140 cm³/mol. The van der Waals surface area contributed by atoms with Gasteiger partial charge < -0.3 is 15.2 Å². The van der Waals surface area contributed by atoms with Gasteiger partial charge >= 0.3 is 5.97 Å². The summed E-state index contributed by atoms with van der Waals surface area (Å²) in [6, 6.07) is 26.3. The number of carbonyl (C=O) groups is 3. The summed E-state index contributed by atoms with van der Waals surface area (Å²) in [5.41, 5.74) is 2.37. The minimum Gasteiger partial charge on any atom is -0.509 e. The van der Waals surface area contributed by atoms with Gasteiger partial charge in [0.2, 0.25) is 5.91 Å². The van der Waals surface area contributed by atoms with Gasteiger partial charge in [-0.3, -0.25) is 14.5 Å². The molecule has 0 spiro atoms. The first-order valence-electron chi connectivity index (χ1n) is 11.9. The molecular weight excluding hydrogens is 502 g/mol. The Bertz CT molecular complexity index is 1410. The minimum atomic E-state index is -0.846. The highest BCUT2D eigenvalue weighted by Crippen LogP contribution is 2.41. The molecule has 0 radical (unpaired) electrons. The first-order chi connectivity index (χ1) is 18.5. The van der Waals surface area contributed by atoms with Crippen LogP contribution in [-0.4, -0.2) is 45.0 Å². The summed E-state index contributed by atoms with van der Waals surface area (Å²) in [4.78, 5) is 40.3. The van der Waals surface area contributed by atoms with Gasteiger partial charge in [-0.25, -0.2) is 4.79 Å². The predicted octanol–water partition coefficient (Wildman–Crippen LogP) is 3.60. The fraction of sp³-hybridized carbons (Fsp3) is 0.172. The molecule has 0 aliphatic carbocycles. The molecule has 190 valence electrons. The van der Waals surface area contributed by atoms with E-state index in [0.29, 0.717) is 11.1 Å². The number of hydrogen-bond donors (Lipinski definition) is 2. The van der Waals surface area contributed by atoms with Crippen molar-refractivity contribution in [2.24, 2.45) is 0 Å². The van der Waals surface area contributed by atoms with Crippen LogP contribution in [0, 0.1) is 11.3 Å². The second-order valence-electron chi connectivity index (χ2n) is 8.85. The molecule has 2 atom stereocenters. The molecule has 2 amide bonds. The number of hydrogen-bond acceptors (Lipinski definition) is 7. The lowest BCUT2D eigenvalue weighted by molar-refractivity contribution is -0.155. The molecule has 9 heteroatoms. The van der Waals surface area contributed by atoms with Gasteiger partial charge in [-0.2, -0.15) is 5.26 Å². The van der Waals surface area contributed by atoms with Crippen molar-refractivity contribution in [2.75, 3.05) is 5.75 Å². The van der Waals surface area contributed by atoms with Gasteiger partial charge in [0, 0.05) is 0 Å². The van der Waals surface area contributed by atoms with Crippen LogP contribution in [0.4, 0.5) is 0 Å². The Hall–Kier alpha value is -4.55. The van der Waals surface area contributed by atoms with Crippen LogP contribution in [-0.2, 0) is 25.5 Å². The van der Waals surface area contributed by atoms with Gasteiger partial charge in [-0.05, 0) is 28.8 Å². The van der Waals surface area contributed by atoms with Gasteiger partial charge in [0.15, 0.2) is 11.8 Å². The van der Waals surface area contributed by atoms with E-state index in [1.54, 1.807) is 24.3 Å². The third-order valence-electron chi connectivity index (χ3n) is 6.31. The van der Waals surface area contributed by atoms with Crippen molar-refractivity contribution in [2.45, 2.75) is 23.9 Å². The molecule has 1 fully saturated rings. The molecule has 5 rings (SSSR count). The number of rotatable bonds is 7. The van der Waals surface area contributed by atoms with E-state index in [1.807, 2.05) is 66.7 Å². The Labute approximate surface area is 223 Å². The summed E-state index contributed by atoms with van der Waals surface area (Å²) in [6.45, 7) is 0. The lowest BCUT2D eigenvalue weighted by Crippen LogP contribution is -2.70. The maximum Gasteiger partial charge on any atom is 0.359 e. The number of benzene rings is 3. The molecule has 3 aromatic rings. The van der Waals surface area contributed by atoms with Crippen molar-refractivity contribution in [1.29, 1.82) is 5.26 Å². The van der Waals surface area contributed by atoms with E-state index in [-0.39, 0.29) is 29.5 Å². The third kappa shape index (κ3) is 4.99. The Kier molecular flexibility index (Phi) is 7.15. The number of amides is 2. The number of aliphatic hydroxyl groups excluding tert-OH is 1. The van der Waals surface area contributed by atoms with Crippen LogP contribution in [0.1, 0.15) is 28.4 Å². The van der Waals surface area contributed by atoms with Crippen LogP contribution in [0.15, 0.2) is 96.4 Å². The largest absolute Gasteiger partial charge is 0.509 e. The highest BCUT2D eigenvalue weighted by atomic mass is 32.2. The van der Waals surface area contributed by atoms with Crippen molar-refractivity contribution < 1.29 is 24.2 Å².